The van der Waals surface area contributed by atoms with E-state index in [2.05, 4.69) is 15.5 Å². The van der Waals surface area contributed by atoms with Crippen molar-refractivity contribution in [2.75, 3.05) is 43.0 Å². The van der Waals surface area contributed by atoms with Crippen LogP contribution in [-0.4, -0.2) is 66.7 Å². The summed E-state index contributed by atoms with van der Waals surface area (Å²) in [7, 11) is 0. The molecular weight excluding hydrogens is 489 g/mol. The van der Waals surface area contributed by atoms with Gasteiger partial charge in [0.05, 0.1) is 30.3 Å². The van der Waals surface area contributed by atoms with Crippen molar-refractivity contribution in [3.8, 4) is 0 Å². The Bertz CT molecular complexity index is 1090. The molecule has 2 aliphatic heterocycles. The van der Waals surface area contributed by atoms with Crippen LogP contribution in [-0.2, 0) is 4.79 Å². The zero-order valence-electron chi connectivity index (χ0n) is 19.6. The first-order valence-electron chi connectivity index (χ1n) is 11.8. The fraction of sp³-hybridized carbons (Fsp3) is 0.440. The summed E-state index contributed by atoms with van der Waals surface area (Å²) in [6, 6.07) is 10.0. The number of nitrogens with one attached hydrogen (secondary N) is 2. The number of benzene rings is 2. The van der Waals surface area contributed by atoms with Crippen LogP contribution in [0.5, 0.6) is 0 Å². The van der Waals surface area contributed by atoms with Gasteiger partial charge in [0.25, 0.3) is 5.91 Å². The number of amides is 2. The quantitative estimate of drug-likeness (QED) is 0.447. The van der Waals surface area contributed by atoms with Crippen LogP contribution in [0.1, 0.15) is 41.7 Å². The van der Waals surface area contributed by atoms with E-state index in [0.717, 1.165) is 30.6 Å². The summed E-state index contributed by atoms with van der Waals surface area (Å²) in [4.78, 5) is 28.9. The van der Waals surface area contributed by atoms with E-state index in [-0.39, 0.29) is 30.6 Å². The Hall–Kier alpha value is -2.52. The average Bonchev–Trinajstić information content (AvgIpc) is 3.38. The number of nitrogens with zero attached hydrogens (tertiary/aromatic N) is 2. The predicted octanol–water partition coefficient (Wildman–Crippen LogP) is 3.03. The number of hydrogen-bond donors (Lipinski definition) is 4. The number of carbonyl (C=O) groups is 2. The number of aliphatic hydroxyl groups is 1. The minimum absolute atomic E-state index is 0.0979. The molecule has 0 unspecified atom stereocenters. The lowest BCUT2D eigenvalue weighted by atomic mass is 10.0. The second-order valence-electron chi connectivity index (χ2n) is 9.09. The fourth-order valence-electron chi connectivity index (χ4n) is 4.88. The Morgan fingerprint density at radius 3 is 2.69 bits per heavy atom. The lowest BCUT2D eigenvalue weighted by Gasteiger charge is -2.43. The molecule has 2 aromatic rings. The van der Waals surface area contributed by atoms with Crippen molar-refractivity contribution in [1.29, 1.82) is 0 Å². The molecule has 35 heavy (non-hydrogen) atoms. The number of anilines is 2. The molecule has 0 saturated carbocycles. The largest absolute Gasteiger partial charge is 0.394 e. The number of rotatable bonds is 7. The molecule has 188 valence electrons. The topological polar surface area (TPSA) is 111 Å². The van der Waals surface area contributed by atoms with Gasteiger partial charge < -0.3 is 31.3 Å². The van der Waals surface area contributed by atoms with Gasteiger partial charge in [0.15, 0.2) is 0 Å². The molecule has 2 heterocycles. The number of piperazine rings is 1. The number of halogens is 2. The molecule has 2 amide bonds. The average molecular weight is 520 g/mol. The molecule has 2 aromatic carbocycles. The standard InChI is InChI=1S/C25H31Cl2N5O3/c1-15(19-6-4-16(26)11-21(19)27)30-23-12-17(5-7-20(23)24(28)34)32-10-9-31(13-18(32)14-33)25(35)22-3-2-8-29-22/h4-7,11-12,15,18,22,29-30,33H,2-3,8-10,13-14H2,1H3,(H2,28,34)/t15-,18-,22-/m1/s1. The summed E-state index contributed by atoms with van der Waals surface area (Å²) in [5, 5.41) is 17.8. The Kier molecular flexibility index (Phi) is 8.06. The van der Waals surface area contributed by atoms with Gasteiger partial charge in [-0.1, -0.05) is 29.3 Å². The van der Waals surface area contributed by atoms with Crippen LogP contribution in [0.3, 0.4) is 0 Å². The van der Waals surface area contributed by atoms with Gasteiger partial charge >= 0.3 is 0 Å². The van der Waals surface area contributed by atoms with E-state index < -0.39 is 5.91 Å². The van der Waals surface area contributed by atoms with Gasteiger partial charge in [-0.2, -0.15) is 0 Å². The first-order chi connectivity index (χ1) is 16.8. The van der Waals surface area contributed by atoms with Gasteiger partial charge in [0, 0.05) is 41.1 Å². The van der Waals surface area contributed by atoms with E-state index in [1.807, 2.05) is 30.0 Å². The van der Waals surface area contributed by atoms with E-state index >= 15 is 0 Å². The SMILES string of the molecule is C[C@@H](Nc1cc(N2CCN(C(=O)[C@H]3CCCN3)C[C@@H]2CO)ccc1C(N)=O)c1ccc(Cl)cc1Cl. The number of carbonyl (C=O) groups excluding carboxylic acids is 2. The highest BCUT2D eigenvalue weighted by Crippen LogP contribution is 2.32. The summed E-state index contributed by atoms with van der Waals surface area (Å²) in [5.41, 5.74) is 8.23. The highest BCUT2D eigenvalue weighted by Gasteiger charge is 2.33. The zero-order valence-corrected chi connectivity index (χ0v) is 21.1. The van der Waals surface area contributed by atoms with Gasteiger partial charge in [-0.3, -0.25) is 9.59 Å². The summed E-state index contributed by atoms with van der Waals surface area (Å²) >= 11 is 12.4. The second kappa shape index (κ2) is 11.0. The number of hydrogen-bond acceptors (Lipinski definition) is 6. The first-order valence-corrected chi connectivity index (χ1v) is 12.6. The Morgan fingerprint density at radius 2 is 2.03 bits per heavy atom. The molecule has 2 saturated heterocycles. The van der Waals surface area contributed by atoms with Crippen molar-refractivity contribution >= 4 is 46.4 Å². The van der Waals surface area contributed by atoms with Crippen molar-refractivity contribution in [3.05, 3.63) is 57.6 Å². The Balaban J connectivity index is 1.55. The summed E-state index contributed by atoms with van der Waals surface area (Å²) in [5.74, 6) is -0.452. The van der Waals surface area contributed by atoms with E-state index in [4.69, 9.17) is 28.9 Å². The minimum atomic E-state index is -0.549. The van der Waals surface area contributed by atoms with E-state index in [9.17, 15) is 14.7 Å². The molecule has 0 aliphatic carbocycles. The third-order valence-electron chi connectivity index (χ3n) is 6.76. The lowest BCUT2D eigenvalue weighted by molar-refractivity contribution is -0.134. The minimum Gasteiger partial charge on any atom is -0.394 e. The van der Waals surface area contributed by atoms with Gasteiger partial charge in [-0.15, -0.1) is 0 Å². The fourth-order valence-corrected chi connectivity index (χ4v) is 5.45. The van der Waals surface area contributed by atoms with Gasteiger partial charge in [0.1, 0.15) is 0 Å². The van der Waals surface area contributed by atoms with Crippen LogP contribution in [0.25, 0.3) is 0 Å². The highest BCUT2D eigenvalue weighted by molar-refractivity contribution is 6.35. The molecule has 4 rings (SSSR count). The predicted molar refractivity (Wildman–Crippen MR) is 139 cm³/mol. The van der Waals surface area contributed by atoms with Crippen molar-refractivity contribution in [2.24, 2.45) is 5.73 Å². The lowest BCUT2D eigenvalue weighted by Crippen LogP contribution is -2.58. The molecule has 0 radical (unpaired) electrons. The van der Waals surface area contributed by atoms with Crippen LogP contribution in [0.2, 0.25) is 10.0 Å². The van der Waals surface area contributed by atoms with Crippen molar-refractivity contribution in [2.45, 2.75) is 37.9 Å². The maximum atomic E-state index is 12.9. The molecule has 0 aromatic heterocycles. The number of aliphatic hydroxyl groups excluding tert-OH is 1. The van der Waals surface area contributed by atoms with Crippen LogP contribution in [0.15, 0.2) is 36.4 Å². The molecule has 8 nitrogen and oxygen atoms in total. The van der Waals surface area contributed by atoms with Crippen molar-refractivity contribution < 1.29 is 14.7 Å². The van der Waals surface area contributed by atoms with Gasteiger partial charge in [0.2, 0.25) is 5.91 Å². The molecular formula is C25H31Cl2N5O3. The zero-order chi connectivity index (χ0) is 25.1. The smallest absolute Gasteiger partial charge is 0.250 e. The van der Waals surface area contributed by atoms with Crippen LogP contribution >= 0.6 is 23.2 Å². The van der Waals surface area contributed by atoms with Crippen LogP contribution < -0.4 is 21.3 Å². The second-order valence-corrected chi connectivity index (χ2v) is 9.93. The third kappa shape index (κ3) is 5.67. The Labute approximate surface area is 215 Å². The van der Waals surface area contributed by atoms with Gasteiger partial charge in [-0.25, -0.2) is 0 Å². The maximum Gasteiger partial charge on any atom is 0.250 e. The molecule has 0 bridgehead atoms. The highest BCUT2D eigenvalue weighted by atomic mass is 35.5. The molecule has 10 heteroatoms. The molecule has 2 fully saturated rings. The molecule has 0 spiro atoms. The van der Waals surface area contributed by atoms with Crippen LogP contribution in [0.4, 0.5) is 11.4 Å². The van der Waals surface area contributed by atoms with E-state index in [1.165, 1.54) is 0 Å². The van der Waals surface area contributed by atoms with E-state index in [1.54, 1.807) is 18.2 Å². The maximum absolute atomic E-state index is 12.9. The summed E-state index contributed by atoms with van der Waals surface area (Å²) < 4.78 is 0. The monoisotopic (exact) mass is 519 g/mol. The number of primary amides is 1. The molecule has 3 atom stereocenters. The molecule has 2 aliphatic rings. The van der Waals surface area contributed by atoms with Crippen LogP contribution in [0, 0.1) is 0 Å². The van der Waals surface area contributed by atoms with Crippen molar-refractivity contribution in [1.82, 2.24) is 10.2 Å². The summed E-state index contributed by atoms with van der Waals surface area (Å²) in [6.45, 7) is 4.26. The third-order valence-corrected chi connectivity index (χ3v) is 7.33. The van der Waals surface area contributed by atoms with Gasteiger partial charge in [-0.05, 0) is 62.2 Å². The molecule has 5 N–H and O–H groups in total. The van der Waals surface area contributed by atoms with E-state index in [0.29, 0.717) is 40.9 Å². The Morgan fingerprint density at radius 1 is 1.23 bits per heavy atom. The summed E-state index contributed by atoms with van der Waals surface area (Å²) in [6.07, 6.45) is 1.85. The normalized spacial score (nSPS) is 21.1. The first kappa shape index (κ1) is 25.6. The van der Waals surface area contributed by atoms with Crippen molar-refractivity contribution in [3.63, 3.8) is 0 Å². The number of nitrogens with two attached hydrogens (primary N) is 1.